The maximum atomic E-state index is 11.6. The van der Waals surface area contributed by atoms with Crippen molar-refractivity contribution in [2.24, 2.45) is 5.92 Å². The number of rotatable bonds is 2. The number of thiol groups is 1. The first-order valence-corrected chi connectivity index (χ1v) is 6.39. The summed E-state index contributed by atoms with van der Waals surface area (Å²) in [7, 11) is 0. The maximum Gasteiger partial charge on any atom is 0.229 e. The average molecular weight is 250 g/mol. The van der Waals surface area contributed by atoms with E-state index in [1.807, 2.05) is 18.2 Å². The standard InChI is InChI=1S/C11H10N2OS2/c14-10(6-1-2-6)13-11-12-8-4-3-7(15)5-9(8)16-11/h3-6,15H,1-2H2,(H,12,13,14). The van der Waals surface area contributed by atoms with Crippen LogP contribution in [-0.2, 0) is 4.79 Å². The Hall–Kier alpha value is -1.07. The van der Waals surface area contributed by atoms with Gasteiger partial charge in [0.15, 0.2) is 5.13 Å². The zero-order valence-electron chi connectivity index (χ0n) is 8.43. The van der Waals surface area contributed by atoms with Gasteiger partial charge in [-0.2, -0.15) is 0 Å². The largest absolute Gasteiger partial charge is 0.302 e. The number of nitrogens with one attached hydrogen (secondary N) is 1. The molecule has 2 aromatic rings. The van der Waals surface area contributed by atoms with Crippen LogP contribution in [0.25, 0.3) is 10.2 Å². The predicted molar refractivity (Wildman–Crippen MR) is 68.2 cm³/mol. The van der Waals surface area contributed by atoms with Gasteiger partial charge in [-0.3, -0.25) is 4.79 Å². The Morgan fingerprint density at radius 2 is 2.31 bits per heavy atom. The minimum absolute atomic E-state index is 0.102. The highest BCUT2D eigenvalue weighted by Gasteiger charge is 2.30. The van der Waals surface area contributed by atoms with Crippen LogP contribution in [0.2, 0.25) is 0 Å². The second-order valence-corrected chi connectivity index (χ2v) is 5.48. The van der Waals surface area contributed by atoms with Gasteiger partial charge in [0.25, 0.3) is 0 Å². The van der Waals surface area contributed by atoms with Crippen molar-refractivity contribution in [1.29, 1.82) is 0 Å². The molecule has 1 heterocycles. The van der Waals surface area contributed by atoms with Crippen molar-refractivity contribution in [3.05, 3.63) is 18.2 Å². The lowest BCUT2D eigenvalue weighted by atomic mass is 10.3. The Morgan fingerprint density at radius 3 is 3.06 bits per heavy atom. The zero-order chi connectivity index (χ0) is 11.1. The average Bonchev–Trinajstić information content (AvgIpc) is 3.00. The van der Waals surface area contributed by atoms with Gasteiger partial charge in [-0.15, -0.1) is 12.6 Å². The molecular weight excluding hydrogens is 240 g/mol. The summed E-state index contributed by atoms with van der Waals surface area (Å²) in [5.41, 5.74) is 0.911. The molecule has 0 bridgehead atoms. The third-order valence-electron chi connectivity index (χ3n) is 2.55. The van der Waals surface area contributed by atoms with Crippen LogP contribution in [0.4, 0.5) is 5.13 Å². The van der Waals surface area contributed by atoms with Gasteiger partial charge in [-0.25, -0.2) is 4.98 Å². The van der Waals surface area contributed by atoms with Gasteiger partial charge in [-0.1, -0.05) is 11.3 Å². The highest BCUT2D eigenvalue weighted by Crippen LogP contribution is 2.32. The molecule has 0 aliphatic heterocycles. The Labute approximate surface area is 102 Å². The molecule has 0 saturated heterocycles. The van der Waals surface area contributed by atoms with Crippen LogP contribution in [0.1, 0.15) is 12.8 Å². The predicted octanol–water partition coefficient (Wildman–Crippen LogP) is 2.93. The third kappa shape index (κ3) is 1.92. The number of hydrogen-bond donors (Lipinski definition) is 2. The third-order valence-corrected chi connectivity index (χ3v) is 3.76. The lowest BCUT2D eigenvalue weighted by Crippen LogP contribution is -2.12. The summed E-state index contributed by atoms with van der Waals surface area (Å²) in [6, 6.07) is 5.78. The van der Waals surface area contributed by atoms with E-state index in [2.05, 4.69) is 22.9 Å². The quantitative estimate of drug-likeness (QED) is 0.805. The molecule has 3 rings (SSSR count). The molecule has 3 nitrogen and oxygen atoms in total. The minimum Gasteiger partial charge on any atom is -0.302 e. The molecule has 1 aliphatic rings. The first-order chi connectivity index (χ1) is 7.72. The van der Waals surface area contributed by atoms with Crippen LogP contribution in [0.15, 0.2) is 23.1 Å². The molecule has 0 unspecified atom stereocenters. The number of amides is 1. The van der Waals surface area contributed by atoms with E-state index < -0.39 is 0 Å². The van der Waals surface area contributed by atoms with Gasteiger partial charge in [0.2, 0.25) is 5.91 Å². The van der Waals surface area contributed by atoms with Crippen LogP contribution < -0.4 is 5.32 Å². The molecule has 1 aromatic heterocycles. The highest BCUT2D eigenvalue weighted by molar-refractivity contribution is 7.80. The second kappa shape index (κ2) is 3.75. The number of anilines is 1. The molecule has 0 atom stereocenters. The van der Waals surface area contributed by atoms with Gasteiger partial charge in [0.05, 0.1) is 10.2 Å². The first-order valence-electron chi connectivity index (χ1n) is 5.13. The first kappa shape index (κ1) is 10.1. The Balaban J connectivity index is 1.89. The Kier molecular flexibility index (Phi) is 2.37. The molecular formula is C11H10N2OS2. The molecule has 82 valence electrons. The van der Waals surface area contributed by atoms with Gasteiger partial charge in [-0.05, 0) is 31.0 Å². The summed E-state index contributed by atoms with van der Waals surface area (Å²) in [6.07, 6.45) is 2.02. The normalized spacial score (nSPS) is 15.3. The summed E-state index contributed by atoms with van der Waals surface area (Å²) in [4.78, 5) is 16.8. The SMILES string of the molecule is O=C(Nc1nc2ccc(S)cc2s1)C1CC1. The lowest BCUT2D eigenvalue weighted by molar-refractivity contribution is -0.117. The highest BCUT2D eigenvalue weighted by atomic mass is 32.1. The molecule has 1 saturated carbocycles. The number of hydrogen-bond acceptors (Lipinski definition) is 4. The van der Waals surface area contributed by atoms with E-state index in [4.69, 9.17) is 0 Å². The Morgan fingerprint density at radius 1 is 1.50 bits per heavy atom. The Bertz CT molecular complexity index is 560. The molecule has 1 aliphatic carbocycles. The van der Waals surface area contributed by atoms with E-state index in [0.717, 1.165) is 28.0 Å². The number of aromatic nitrogens is 1. The van der Waals surface area contributed by atoms with E-state index in [0.29, 0.717) is 5.13 Å². The zero-order valence-corrected chi connectivity index (χ0v) is 10.1. The van der Waals surface area contributed by atoms with Gasteiger partial charge < -0.3 is 5.32 Å². The molecule has 1 aromatic carbocycles. The lowest BCUT2D eigenvalue weighted by Gasteiger charge is -1.96. The van der Waals surface area contributed by atoms with Crippen molar-refractivity contribution in [1.82, 2.24) is 4.98 Å². The van der Waals surface area contributed by atoms with Gasteiger partial charge >= 0.3 is 0 Å². The molecule has 1 fully saturated rings. The van der Waals surface area contributed by atoms with E-state index in [1.54, 1.807) is 0 Å². The summed E-state index contributed by atoms with van der Waals surface area (Å²) >= 11 is 5.77. The van der Waals surface area contributed by atoms with Crippen molar-refractivity contribution >= 4 is 45.2 Å². The molecule has 0 radical (unpaired) electrons. The van der Waals surface area contributed by atoms with Crippen molar-refractivity contribution < 1.29 is 4.79 Å². The maximum absolute atomic E-state index is 11.6. The van der Waals surface area contributed by atoms with Crippen LogP contribution in [0, 0.1) is 5.92 Å². The molecule has 1 amide bonds. The fraction of sp³-hybridized carbons (Fsp3) is 0.273. The summed E-state index contributed by atoms with van der Waals surface area (Å²) in [6.45, 7) is 0. The van der Waals surface area contributed by atoms with Crippen LogP contribution in [0.3, 0.4) is 0 Å². The molecule has 1 N–H and O–H groups in total. The number of carbonyl (C=O) groups excluding carboxylic acids is 1. The fourth-order valence-electron chi connectivity index (χ4n) is 1.52. The van der Waals surface area contributed by atoms with Crippen molar-refractivity contribution in [3.8, 4) is 0 Å². The number of thiazole rings is 1. The number of nitrogens with zero attached hydrogens (tertiary/aromatic N) is 1. The number of benzene rings is 1. The summed E-state index contributed by atoms with van der Waals surface area (Å²) in [5, 5.41) is 3.54. The molecule has 0 spiro atoms. The van der Waals surface area contributed by atoms with Gasteiger partial charge in [0.1, 0.15) is 0 Å². The second-order valence-electron chi connectivity index (χ2n) is 3.93. The van der Waals surface area contributed by atoms with E-state index in [1.165, 1.54) is 11.3 Å². The smallest absolute Gasteiger partial charge is 0.229 e. The van der Waals surface area contributed by atoms with Crippen molar-refractivity contribution in [2.75, 3.05) is 5.32 Å². The van der Waals surface area contributed by atoms with Crippen LogP contribution in [0.5, 0.6) is 0 Å². The number of fused-ring (bicyclic) bond motifs is 1. The van der Waals surface area contributed by atoms with Crippen molar-refractivity contribution in [3.63, 3.8) is 0 Å². The van der Waals surface area contributed by atoms with E-state index >= 15 is 0 Å². The van der Waals surface area contributed by atoms with E-state index in [9.17, 15) is 4.79 Å². The minimum atomic E-state index is 0.102. The molecule has 5 heteroatoms. The van der Waals surface area contributed by atoms with Crippen molar-refractivity contribution in [2.45, 2.75) is 17.7 Å². The topological polar surface area (TPSA) is 42.0 Å². The summed E-state index contributed by atoms with van der Waals surface area (Å²) < 4.78 is 1.05. The fourth-order valence-corrected chi connectivity index (χ4v) is 2.72. The number of carbonyl (C=O) groups is 1. The van der Waals surface area contributed by atoms with Crippen LogP contribution >= 0.6 is 24.0 Å². The monoisotopic (exact) mass is 250 g/mol. The molecule has 16 heavy (non-hydrogen) atoms. The van der Waals surface area contributed by atoms with Gasteiger partial charge in [0, 0.05) is 10.8 Å². The summed E-state index contributed by atoms with van der Waals surface area (Å²) in [5.74, 6) is 0.317. The van der Waals surface area contributed by atoms with Crippen LogP contribution in [-0.4, -0.2) is 10.9 Å². The van der Waals surface area contributed by atoms with E-state index in [-0.39, 0.29) is 11.8 Å².